The third-order valence-corrected chi connectivity index (χ3v) is 2.83. The number of Topliss-reactive ketones (excluding diaryl/α,β-unsaturated/α-hetero) is 1. The van der Waals surface area contributed by atoms with E-state index >= 15 is 0 Å². The molecule has 2 aromatic rings. The lowest BCUT2D eigenvalue weighted by atomic mass is 10.1. The molecule has 3 nitrogen and oxygen atoms in total. The van der Waals surface area contributed by atoms with Crippen molar-refractivity contribution in [1.29, 1.82) is 0 Å². The third kappa shape index (κ3) is 3.35. The lowest BCUT2D eigenvalue weighted by molar-refractivity contribution is 0.0921. The van der Waals surface area contributed by atoms with Crippen LogP contribution in [0.25, 0.3) is 0 Å². The van der Waals surface area contributed by atoms with E-state index in [-0.39, 0.29) is 12.4 Å². The number of hydrogen-bond acceptors (Lipinski definition) is 3. The molecule has 0 atom stereocenters. The first-order chi connectivity index (χ1) is 9.20. The van der Waals surface area contributed by atoms with E-state index in [9.17, 15) is 4.79 Å². The predicted molar refractivity (Wildman–Crippen MR) is 74.0 cm³/mol. The van der Waals surface area contributed by atoms with E-state index in [1.165, 1.54) is 0 Å². The lowest BCUT2D eigenvalue weighted by Gasteiger charge is -2.08. The first-order valence-corrected chi connectivity index (χ1v) is 6.06. The van der Waals surface area contributed by atoms with Crippen molar-refractivity contribution in [3.8, 4) is 11.5 Å². The maximum absolute atomic E-state index is 12.0. The minimum atomic E-state index is -0.0467. The molecule has 0 unspecified atom stereocenters. The zero-order valence-electron chi connectivity index (χ0n) is 11.1. The molecule has 0 spiro atoms. The van der Waals surface area contributed by atoms with E-state index in [1.54, 1.807) is 19.2 Å². The number of ketones is 1. The van der Waals surface area contributed by atoms with Gasteiger partial charge in [-0.3, -0.25) is 4.79 Å². The summed E-state index contributed by atoms with van der Waals surface area (Å²) in [7, 11) is 1.61. The molecule has 0 aliphatic carbocycles. The van der Waals surface area contributed by atoms with Crippen molar-refractivity contribution in [2.45, 2.75) is 6.92 Å². The summed E-state index contributed by atoms with van der Waals surface area (Å²) in [5, 5.41) is 0. The van der Waals surface area contributed by atoms with Crippen LogP contribution in [-0.4, -0.2) is 19.5 Å². The molecule has 0 aliphatic heterocycles. The smallest absolute Gasteiger partial charge is 0.200 e. The van der Waals surface area contributed by atoms with E-state index in [0.717, 1.165) is 11.3 Å². The van der Waals surface area contributed by atoms with Crippen LogP contribution in [0.2, 0.25) is 0 Å². The van der Waals surface area contributed by atoms with Crippen LogP contribution in [0, 0.1) is 6.92 Å². The Kier molecular flexibility index (Phi) is 4.18. The summed E-state index contributed by atoms with van der Waals surface area (Å²) < 4.78 is 10.6. The van der Waals surface area contributed by atoms with Gasteiger partial charge in [-0.2, -0.15) is 0 Å². The van der Waals surface area contributed by atoms with Gasteiger partial charge in [0.05, 0.1) is 7.11 Å². The number of carbonyl (C=O) groups is 1. The van der Waals surface area contributed by atoms with E-state index < -0.39 is 0 Å². The maximum atomic E-state index is 12.0. The number of rotatable bonds is 5. The fraction of sp³-hybridized carbons (Fsp3) is 0.188. The highest BCUT2D eigenvalue weighted by Gasteiger charge is 2.09. The second-order valence-corrected chi connectivity index (χ2v) is 4.21. The molecule has 0 fully saturated rings. The molecule has 0 N–H and O–H groups in total. The van der Waals surface area contributed by atoms with Gasteiger partial charge in [-0.25, -0.2) is 0 Å². The summed E-state index contributed by atoms with van der Waals surface area (Å²) in [5.41, 5.74) is 1.57. The van der Waals surface area contributed by atoms with Crippen LogP contribution in [0.1, 0.15) is 15.9 Å². The largest absolute Gasteiger partial charge is 0.496 e. The lowest BCUT2D eigenvalue weighted by Crippen LogP contribution is -2.11. The number of carbonyl (C=O) groups excluding carboxylic acids is 1. The average molecular weight is 256 g/mol. The quantitative estimate of drug-likeness (QED) is 0.770. The summed E-state index contributed by atoms with van der Waals surface area (Å²) in [6, 6.07) is 14.7. The van der Waals surface area contributed by atoms with Crippen LogP contribution >= 0.6 is 0 Å². The van der Waals surface area contributed by atoms with Gasteiger partial charge in [0.1, 0.15) is 11.5 Å². The van der Waals surface area contributed by atoms with Crippen LogP contribution < -0.4 is 9.47 Å². The summed E-state index contributed by atoms with van der Waals surface area (Å²) in [4.78, 5) is 12.0. The molecule has 0 bridgehead atoms. The molecule has 19 heavy (non-hydrogen) atoms. The third-order valence-electron chi connectivity index (χ3n) is 2.83. The summed E-state index contributed by atoms with van der Waals surface area (Å²) >= 11 is 0. The minimum absolute atomic E-state index is 0.0375. The summed E-state index contributed by atoms with van der Waals surface area (Å²) in [6.07, 6.45) is 0. The van der Waals surface area contributed by atoms with Gasteiger partial charge in [-0.15, -0.1) is 0 Å². The first kappa shape index (κ1) is 13.1. The molecule has 0 aliphatic rings. The SMILES string of the molecule is COc1ccc(C(=O)COc2ccccc2)cc1C. The van der Waals surface area contributed by atoms with Gasteiger partial charge in [0, 0.05) is 5.56 Å². The second-order valence-electron chi connectivity index (χ2n) is 4.21. The predicted octanol–water partition coefficient (Wildman–Crippen LogP) is 3.27. The summed E-state index contributed by atoms with van der Waals surface area (Å²) in [6.45, 7) is 1.95. The highest BCUT2D eigenvalue weighted by molar-refractivity contribution is 5.97. The molecule has 2 aromatic carbocycles. The molecule has 3 heteroatoms. The molecule has 0 amide bonds. The Morgan fingerprint density at radius 1 is 1.11 bits per heavy atom. The number of hydrogen-bond donors (Lipinski definition) is 0. The number of benzene rings is 2. The molecule has 0 saturated carbocycles. The molecule has 2 rings (SSSR count). The molecule has 98 valence electrons. The van der Waals surface area contributed by atoms with Crippen LogP contribution in [0.3, 0.4) is 0 Å². The Balaban J connectivity index is 2.02. The van der Waals surface area contributed by atoms with Crippen LogP contribution in [0.4, 0.5) is 0 Å². The molecule has 0 saturated heterocycles. The van der Waals surface area contributed by atoms with Crippen molar-refractivity contribution in [3.63, 3.8) is 0 Å². The van der Waals surface area contributed by atoms with Crippen molar-refractivity contribution < 1.29 is 14.3 Å². The maximum Gasteiger partial charge on any atom is 0.200 e. The van der Waals surface area contributed by atoms with Crippen molar-refractivity contribution >= 4 is 5.78 Å². The second kappa shape index (κ2) is 6.05. The van der Waals surface area contributed by atoms with Gasteiger partial charge in [0.15, 0.2) is 12.4 Å². The fourth-order valence-corrected chi connectivity index (χ4v) is 1.80. The Bertz CT molecular complexity index is 561. The Morgan fingerprint density at radius 2 is 1.84 bits per heavy atom. The van der Waals surface area contributed by atoms with E-state index in [2.05, 4.69) is 0 Å². The van der Waals surface area contributed by atoms with Crippen LogP contribution in [0.15, 0.2) is 48.5 Å². The number of ether oxygens (including phenoxy) is 2. The molecular weight excluding hydrogens is 240 g/mol. The first-order valence-electron chi connectivity index (χ1n) is 6.06. The van der Waals surface area contributed by atoms with E-state index in [0.29, 0.717) is 11.3 Å². The molecular formula is C16H16O3. The highest BCUT2D eigenvalue weighted by atomic mass is 16.5. The standard InChI is InChI=1S/C16H16O3/c1-12-10-13(8-9-16(12)18-2)15(17)11-19-14-6-4-3-5-7-14/h3-10H,11H2,1-2H3. The van der Waals surface area contributed by atoms with Crippen molar-refractivity contribution in [2.75, 3.05) is 13.7 Å². The summed E-state index contributed by atoms with van der Waals surface area (Å²) in [5.74, 6) is 1.43. The highest BCUT2D eigenvalue weighted by Crippen LogP contribution is 2.19. The number of para-hydroxylation sites is 1. The molecule has 0 radical (unpaired) electrons. The van der Waals surface area contributed by atoms with Gasteiger partial charge < -0.3 is 9.47 Å². The Hall–Kier alpha value is -2.29. The molecule has 0 aromatic heterocycles. The topological polar surface area (TPSA) is 35.5 Å². The van der Waals surface area contributed by atoms with Gasteiger partial charge in [-0.1, -0.05) is 18.2 Å². The normalized spacial score (nSPS) is 10.0. The van der Waals surface area contributed by atoms with Crippen LogP contribution in [-0.2, 0) is 0 Å². The van der Waals surface area contributed by atoms with Crippen LogP contribution in [0.5, 0.6) is 11.5 Å². The van der Waals surface area contributed by atoms with Crippen molar-refractivity contribution in [3.05, 3.63) is 59.7 Å². The van der Waals surface area contributed by atoms with Gasteiger partial charge in [-0.05, 0) is 42.8 Å². The zero-order chi connectivity index (χ0) is 13.7. The monoisotopic (exact) mass is 256 g/mol. The van der Waals surface area contributed by atoms with Gasteiger partial charge in [0.25, 0.3) is 0 Å². The molecule has 0 heterocycles. The Labute approximate surface area is 112 Å². The average Bonchev–Trinajstić information content (AvgIpc) is 2.45. The Morgan fingerprint density at radius 3 is 2.47 bits per heavy atom. The zero-order valence-corrected chi connectivity index (χ0v) is 11.1. The van der Waals surface area contributed by atoms with Gasteiger partial charge in [0.2, 0.25) is 0 Å². The van der Waals surface area contributed by atoms with E-state index in [1.807, 2.05) is 43.3 Å². The van der Waals surface area contributed by atoms with Crippen molar-refractivity contribution in [1.82, 2.24) is 0 Å². The fourth-order valence-electron chi connectivity index (χ4n) is 1.80. The number of methoxy groups -OCH3 is 1. The number of aryl methyl sites for hydroxylation is 1. The van der Waals surface area contributed by atoms with Crippen molar-refractivity contribution in [2.24, 2.45) is 0 Å². The van der Waals surface area contributed by atoms with E-state index in [4.69, 9.17) is 9.47 Å². The van der Waals surface area contributed by atoms with Gasteiger partial charge >= 0.3 is 0 Å². The minimum Gasteiger partial charge on any atom is -0.496 e.